The third-order valence-corrected chi connectivity index (χ3v) is 3.04. The Balaban J connectivity index is 2.65. The summed E-state index contributed by atoms with van der Waals surface area (Å²) in [6.45, 7) is 5.35. The van der Waals surface area contributed by atoms with Crippen molar-refractivity contribution < 1.29 is 9.47 Å². The van der Waals surface area contributed by atoms with Gasteiger partial charge in [-0.3, -0.25) is 0 Å². The lowest BCUT2D eigenvalue weighted by molar-refractivity contribution is 0.248. The summed E-state index contributed by atoms with van der Waals surface area (Å²) in [6, 6.07) is 6.04. The SMILES string of the molecule is CCc1c(OCCN(C)C)cccc1OCCN(C)C. The standard InChI is InChI=1S/C16H28N2O2/c1-6-14-15(19-12-10-17(2)3)8-7-9-16(14)20-13-11-18(4)5/h7-9H,6,10-13H2,1-5H3. The number of likely N-dealkylation sites (N-methyl/N-ethyl adjacent to an activating group) is 2. The highest BCUT2D eigenvalue weighted by molar-refractivity contribution is 5.44. The summed E-state index contributed by atoms with van der Waals surface area (Å²) in [5.41, 5.74) is 1.16. The molecule has 0 unspecified atom stereocenters. The number of hydrogen-bond acceptors (Lipinski definition) is 4. The Bertz CT molecular complexity index is 360. The van der Waals surface area contributed by atoms with Crippen molar-refractivity contribution >= 4 is 0 Å². The molecule has 0 aliphatic rings. The fourth-order valence-electron chi connectivity index (χ4n) is 1.84. The van der Waals surface area contributed by atoms with Crippen LogP contribution in [0.15, 0.2) is 18.2 Å². The maximum absolute atomic E-state index is 5.87. The van der Waals surface area contributed by atoms with Gasteiger partial charge in [-0.2, -0.15) is 0 Å². The molecule has 0 amide bonds. The van der Waals surface area contributed by atoms with E-state index in [1.54, 1.807) is 0 Å². The van der Waals surface area contributed by atoms with E-state index in [1.807, 2.05) is 46.4 Å². The van der Waals surface area contributed by atoms with Crippen molar-refractivity contribution in [1.29, 1.82) is 0 Å². The number of hydrogen-bond donors (Lipinski definition) is 0. The Morgan fingerprint density at radius 2 is 1.30 bits per heavy atom. The minimum Gasteiger partial charge on any atom is -0.492 e. The van der Waals surface area contributed by atoms with Crippen LogP contribution >= 0.6 is 0 Å². The van der Waals surface area contributed by atoms with Gasteiger partial charge in [-0.1, -0.05) is 13.0 Å². The van der Waals surface area contributed by atoms with Crippen LogP contribution in [-0.2, 0) is 6.42 Å². The highest BCUT2D eigenvalue weighted by atomic mass is 16.5. The lowest BCUT2D eigenvalue weighted by atomic mass is 10.1. The Morgan fingerprint density at radius 3 is 1.65 bits per heavy atom. The van der Waals surface area contributed by atoms with Crippen LogP contribution in [0.1, 0.15) is 12.5 Å². The van der Waals surface area contributed by atoms with Crippen molar-refractivity contribution in [3.63, 3.8) is 0 Å². The van der Waals surface area contributed by atoms with Crippen molar-refractivity contribution in [2.24, 2.45) is 0 Å². The predicted octanol–water partition coefficient (Wildman–Crippen LogP) is 2.13. The molecule has 0 aromatic heterocycles. The van der Waals surface area contributed by atoms with Crippen LogP contribution in [0.2, 0.25) is 0 Å². The highest BCUT2D eigenvalue weighted by Gasteiger charge is 2.09. The van der Waals surface area contributed by atoms with Crippen LogP contribution in [0, 0.1) is 0 Å². The quantitative estimate of drug-likeness (QED) is 0.692. The van der Waals surface area contributed by atoms with Gasteiger partial charge in [-0.05, 0) is 46.7 Å². The molecular weight excluding hydrogens is 252 g/mol. The molecule has 0 radical (unpaired) electrons. The molecule has 114 valence electrons. The molecule has 0 atom stereocenters. The van der Waals surface area contributed by atoms with Gasteiger partial charge in [0.05, 0.1) is 0 Å². The van der Waals surface area contributed by atoms with E-state index in [-0.39, 0.29) is 0 Å². The second-order valence-corrected chi connectivity index (χ2v) is 5.39. The van der Waals surface area contributed by atoms with Crippen LogP contribution in [0.5, 0.6) is 11.5 Å². The monoisotopic (exact) mass is 280 g/mol. The topological polar surface area (TPSA) is 24.9 Å². The first-order chi connectivity index (χ1) is 9.54. The molecule has 0 saturated carbocycles. The number of benzene rings is 1. The average Bonchev–Trinajstić information content (AvgIpc) is 2.38. The second-order valence-electron chi connectivity index (χ2n) is 5.39. The molecule has 0 spiro atoms. The van der Waals surface area contributed by atoms with Gasteiger partial charge in [-0.15, -0.1) is 0 Å². The molecule has 0 aliphatic carbocycles. The van der Waals surface area contributed by atoms with Crippen molar-refractivity contribution in [2.75, 3.05) is 54.5 Å². The number of rotatable bonds is 9. The second kappa shape index (κ2) is 8.82. The van der Waals surface area contributed by atoms with Gasteiger partial charge in [0.2, 0.25) is 0 Å². The van der Waals surface area contributed by atoms with Crippen LogP contribution in [0.4, 0.5) is 0 Å². The predicted molar refractivity (Wildman–Crippen MR) is 83.9 cm³/mol. The molecule has 0 aliphatic heterocycles. The fraction of sp³-hybridized carbons (Fsp3) is 0.625. The van der Waals surface area contributed by atoms with E-state index in [2.05, 4.69) is 16.7 Å². The normalized spacial score (nSPS) is 11.2. The Hall–Kier alpha value is -1.26. The van der Waals surface area contributed by atoms with E-state index in [9.17, 15) is 0 Å². The third-order valence-electron chi connectivity index (χ3n) is 3.04. The minimum absolute atomic E-state index is 0.696. The lowest BCUT2D eigenvalue weighted by Crippen LogP contribution is -2.20. The Morgan fingerprint density at radius 1 is 0.850 bits per heavy atom. The van der Waals surface area contributed by atoms with E-state index in [4.69, 9.17) is 9.47 Å². The minimum atomic E-state index is 0.696. The van der Waals surface area contributed by atoms with Crippen LogP contribution in [-0.4, -0.2) is 64.3 Å². The molecule has 1 aromatic rings. The first-order valence-electron chi connectivity index (χ1n) is 7.21. The summed E-state index contributed by atoms with van der Waals surface area (Å²) in [6.07, 6.45) is 0.912. The zero-order valence-electron chi connectivity index (χ0n) is 13.5. The van der Waals surface area contributed by atoms with Crippen molar-refractivity contribution in [3.8, 4) is 11.5 Å². The maximum Gasteiger partial charge on any atom is 0.126 e. The van der Waals surface area contributed by atoms with Gasteiger partial charge < -0.3 is 19.3 Å². The molecule has 20 heavy (non-hydrogen) atoms. The third kappa shape index (κ3) is 5.80. The smallest absolute Gasteiger partial charge is 0.126 e. The lowest BCUT2D eigenvalue weighted by Gasteiger charge is -2.17. The molecule has 0 bridgehead atoms. The summed E-state index contributed by atoms with van der Waals surface area (Å²) in [5.74, 6) is 1.88. The van der Waals surface area contributed by atoms with Gasteiger partial charge in [0.15, 0.2) is 0 Å². The van der Waals surface area contributed by atoms with Gasteiger partial charge >= 0.3 is 0 Å². The number of ether oxygens (including phenoxy) is 2. The molecule has 1 rings (SSSR count). The fourth-order valence-corrected chi connectivity index (χ4v) is 1.84. The highest BCUT2D eigenvalue weighted by Crippen LogP contribution is 2.29. The zero-order valence-corrected chi connectivity index (χ0v) is 13.5. The first kappa shape index (κ1) is 16.8. The molecule has 0 fully saturated rings. The molecule has 4 heteroatoms. The molecule has 1 aromatic carbocycles. The van der Waals surface area contributed by atoms with E-state index in [0.717, 1.165) is 36.6 Å². The molecule has 0 heterocycles. The van der Waals surface area contributed by atoms with E-state index in [0.29, 0.717) is 13.2 Å². The van der Waals surface area contributed by atoms with Gasteiger partial charge in [0.25, 0.3) is 0 Å². The number of nitrogens with zero attached hydrogens (tertiary/aromatic N) is 2. The van der Waals surface area contributed by atoms with E-state index >= 15 is 0 Å². The van der Waals surface area contributed by atoms with Crippen molar-refractivity contribution in [2.45, 2.75) is 13.3 Å². The average molecular weight is 280 g/mol. The summed E-state index contributed by atoms with van der Waals surface area (Å²) >= 11 is 0. The molecule has 0 saturated heterocycles. The summed E-state index contributed by atoms with van der Waals surface area (Å²) < 4.78 is 11.7. The van der Waals surface area contributed by atoms with Crippen LogP contribution in [0.3, 0.4) is 0 Å². The summed E-state index contributed by atoms with van der Waals surface area (Å²) in [4.78, 5) is 4.23. The summed E-state index contributed by atoms with van der Waals surface area (Å²) in [5, 5.41) is 0. The largest absolute Gasteiger partial charge is 0.492 e. The molecule has 4 nitrogen and oxygen atoms in total. The Labute approximate surface area is 123 Å². The first-order valence-corrected chi connectivity index (χ1v) is 7.21. The van der Waals surface area contributed by atoms with E-state index in [1.165, 1.54) is 0 Å². The molecular formula is C16H28N2O2. The summed E-state index contributed by atoms with van der Waals surface area (Å²) in [7, 11) is 8.19. The van der Waals surface area contributed by atoms with E-state index < -0.39 is 0 Å². The van der Waals surface area contributed by atoms with Crippen molar-refractivity contribution in [3.05, 3.63) is 23.8 Å². The Kier molecular flexibility index (Phi) is 7.41. The molecule has 0 N–H and O–H groups in total. The van der Waals surface area contributed by atoms with Gasteiger partial charge in [0, 0.05) is 18.7 Å². The van der Waals surface area contributed by atoms with Crippen LogP contribution in [0.25, 0.3) is 0 Å². The maximum atomic E-state index is 5.87. The van der Waals surface area contributed by atoms with Gasteiger partial charge in [0.1, 0.15) is 24.7 Å². The zero-order chi connectivity index (χ0) is 15.0. The van der Waals surface area contributed by atoms with Crippen LogP contribution < -0.4 is 9.47 Å². The van der Waals surface area contributed by atoms with Crippen molar-refractivity contribution in [1.82, 2.24) is 9.80 Å². The van der Waals surface area contributed by atoms with Gasteiger partial charge in [-0.25, -0.2) is 0 Å².